The summed E-state index contributed by atoms with van der Waals surface area (Å²) >= 11 is 0. The number of nitrogens with one attached hydrogen (secondary N) is 1. The number of rotatable bonds is 4. The molecule has 0 aliphatic rings. The maximum atomic E-state index is 12.8. The minimum absolute atomic E-state index is 0.0363. The molecule has 24 heavy (non-hydrogen) atoms. The summed E-state index contributed by atoms with van der Waals surface area (Å²) in [4.78, 5) is 28.9. The van der Waals surface area contributed by atoms with Gasteiger partial charge in [-0.25, -0.2) is 4.98 Å². The molecule has 3 aromatic rings. The first-order chi connectivity index (χ1) is 11.5. The zero-order valence-electron chi connectivity index (χ0n) is 14.0. The fourth-order valence-electron chi connectivity index (χ4n) is 2.74. The first kappa shape index (κ1) is 15.9. The summed E-state index contributed by atoms with van der Waals surface area (Å²) in [5, 5.41) is 2.87. The molecule has 5 heteroatoms. The van der Waals surface area contributed by atoms with Crippen molar-refractivity contribution in [2.45, 2.75) is 27.2 Å². The third-order valence-electron chi connectivity index (χ3n) is 3.99. The normalized spacial score (nSPS) is 10.8. The van der Waals surface area contributed by atoms with Crippen LogP contribution in [0, 0.1) is 6.92 Å². The highest BCUT2D eigenvalue weighted by atomic mass is 16.2. The Kier molecular flexibility index (Phi) is 4.16. The van der Waals surface area contributed by atoms with Crippen LogP contribution < -0.4 is 5.32 Å². The average molecular weight is 321 g/mol. The van der Waals surface area contributed by atoms with Crippen LogP contribution in [0.5, 0.6) is 0 Å². The highest BCUT2D eigenvalue weighted by molar-refractivity contribution is 6.05. The van der Waals surface area contributed by atoms with Gasteiger partial charge in [-0.3, -0.25) is 14.0 Å². The van der Waals surface area contributed by atoms with Crippen molar-refractivity contribution in [3.63, 3.8) is 0 Å². The van der Waals surface area contributed by atoms with Crippen LogP contribution >= 0.6 is 0 Å². The van der Waals surface area contributed by atoms with E-state index >= 15 is 0 Å². The quantitative estimate of drug-likeness (QED) is 0.746. The van der Waals surface area contributed by atoms with E-state index in [1.165, 1.54) is 6.92 Å². The molecule has 0 radical (unpaired) electrons. The Balaban J connectivity index is 2.01. The lowest BCUT2D eigenvalue weighted by Crippen LogP contribution is -2.16. The third-order valence-corrected chi connectivity index (χ3v) is 3.99. The van der Waals surface area contributed by atoms with Gasteiger partial charge in [0, 0.05) is 17.4 Å². The Bertz CT molecular complexity index is 941. The number of pyridine rings is 1. The maximum absolute atomic E-state index is 12.8. The molecule has 0 unspecified atom stereocenters. The van der Waals surface area contributed by atoms with Crippen molar-refractivity contribution in [2.24, 2.45) is 0 Å². The van der Waals surface area contributed by atoms with Crippen molar-refractivity contribution < 1.29 is 9.59 Å². The number of benzene rings is 1. The van der Waals surface area contributed by atoms with E-state index in [0.29, 0.717) is 23.4 Å². The van der Waals surface area contributed by atoms with E-state index in [0.717, 1.165) is 16.9 Å². The summed E-state index contributed by atoms with van der Waals surface area (Å²) in [5.41, 5.74) is 4.26. The van der Waals surface area contributed by atoms with E-state index in [1.54, 1.807) is 24.3 Å². The first-order valence-corrected chi connectivity index (χ1v) is 7.90. The van der Waals surface area contributed by atoms with E-state index < -0.39 is 0 Å². The van der Waals surface area contributed by atoms with Crippen LogP contribution in [0.2, 0.25) is 0 Å². The minimum Gasteiger partial charge on any atom is -0.321 e. The lowest BCUT2D eigenvalue weighted by atomic mass is 10.1. The number of ketones is 1. The van der Waals surface area contributed by atoms with Gasteiger partial charge in [-0.1, -0.05) is 25.1 Å². The van der Waals surface area contributed by atoms with E-state index in [1.807, 2.05) is 36.6 Å². The number of imidazole rings is 1. The molecule has 5 nitrogen and oxygen atoms in total. The van der Waals surface area contributed by atoms with Crippen LogP contribution in [0.4, 0.5) is 5.69 Å². The summed E-state index contributed by atoms with van der Waals surface area (Å²) < 4.78 is 1.82. The molecule has 3 rings (SSSR count). The zero-order chi connectivity index (χ0) is 17.3. The van der Waals surface area contributed by atoms with Gasteiger partial charge >= 0.3 is 0 Å². The second-order valence-electron chi connectivity index (χ2n) is 5.74. The average Bonchev–Trinajstić information content (AvgIpc) is 2.95. The number of aryl methyl sites for hydroxylation is 2. The number of fused-ring (bicyclic) bond motifs is 1. The Morgan fingerprint density at radius 3 is 2.71 bits per heavy atom. The second kappa shape index (κ2) is 6.28. The fraction of sp³-hybridized carbons (Fsp3) is 0.211. The molecule has 0 aliphatic heterocycles. The Labute approximate surface area is 140 Å². The first-order valence-electron chi connectivity index (χ1n) is 7.90. The van der Waals surface area contributed by atoms with E-state index in [4.69, 9.17) is 0 Å². The molecule has 1 amide bonds. The third kappa shape index (κ3) is 2.80. The Morgan fingerprint density at radius 1 is 1.21 bits per heavy atom. The molecule has 0 saturated carbocycles. The number of hydrogen-bond donors (Lipinski definition) is 1. The van der Waals surface area contributed by atoms with E-state index in [9.17, 15) is 9.59 Å². The second-order valence-corrected chi connectivity index (χ2v) is 5.74. The predicted molar refractivity (Wildman–Crippen MR) is 93.7 cm³/mol. The van der Waals surface area contributed by atoms with Crippen LogP contribution in [0.25, 0.3) is 5.65 Å². The van der Waals surface area contributed by atoms with Crippen LogP contribution in [0.15, 0.2) is 42.6 Å². The standard InChI is InChI=1S/C19H19N3O2/c1-4-16-17(22-10-6-7-12(2)18(22)21-16)19(24)20-15-9-5-8-14(11-15)13(3)23/h5-11H,4H2,1-3H3,(H,20,24). The van der Waals surface area contributed by atoms with Gasteiger partial charge in [0.25, 0.3) is 5.91 Å². The largest absolute Gasteiger partial charge is 0.321 e. The summed E-state index contributed by atoms with van der Waals surface area (Å²) in [6, 6.07) is 10.8. The number of amides is 1. The topological polar surface area (TPSA) is 63.5 Å². The smallest absolute Gasteiger partial charge is 0.274 e. The molecule has 122 valence electrons. The van der Waals surface area contributed by atoms with Gasteiger partial charge in [0.1, 0.15) is 11.3 Å². The molecule has 1 aromatic carbocycles. The predicted octanol–water partition coefficient (Wildman–Crippen LogP) is 3.66. The molecule has 0 bridgehead atoms. The van der Waals surface area contributed by atoms with Gasteiger partial charge in [-0.05, 0) is 44.0 Å². The number of nitrogens with zero attached hydrogens (tertiary/aromatic N) is 2. The Hall–Kier alpha value is -2.95. The number of aromatic nitrogens is 2. The zero-order valence-corrected chi connectivity index (χ0v) is 14.0. The Morgan fingerprint density at radius 2 is 2.00 bits per heavy atom. The molecular formula is C19H19N3O2. The molecule has 0 aliphatic carbocycles. The lowest BCUT2D eigenvalue weighted by Gasteiger charge is -2.08. The number of Topliss-reactive ketones (excluding diaryl/α,β-unsaturated/α-hetero) is 1. The SMILES string of the molecule is CCc1nc2c(C)cccn2c1C(=O)Nc1cccc(C(C)=O)c1. The highest BCUT2D eigenvalue weighted by Crippen LogP contribution is 2.19. The van der Waals surface area contributed by atoms with Crippen molar-refractivity contribution in [1.29, 1.82) is 0 Å². The van der Waals surface area contributed by atoms with Gasteiger partial charge in [0.2, 0.25) is 0 Å². The molecule has 0 atom stereocenters. The summed E-state index contributed by atoms with van der Waals surface area (Å²) in [5.74, 6) is -0.267. The monoisotopic (exact) mass is 321 g/mol. The summed E-state index contributed by atoms with van der Waals surface area (Å²) in [7, 11) is 0. The van der Waals surface area contributed by atoms with Crippen LogP contribution in [0.1, 0.15) is 46.0 Å². The summed E-state index contributed by atoms with van der Waals surface area (Å²) in [6.45, 7) is 5.45. The van der Waals surface area contributed by atoms with Crippen LogP contribution in [-0.4, -0.2) is 21.1 Å². The molecular weight excluding hydrogens is 302 g/mol. The van der Waals surface area contributed by atoms with E-state index in [-0.39, 0.29) is 11.7 Å². The molecule has 2 heterocycles. The van der Waals surface area contributed by atoms with Gasteiger partial charge < -0.3 is 5.32 Å². The van der Waals surface area contributed by atoms with Gasteiger partial charge in [0.05, 0.1) is 5.69 Å². The van der Waals surface area contributed by atoms with Crippen molar-refractivity contribution in [2.75, 3.05) is 5.32 Å². The van der Waals surface area contributed by atoms with Gasteiger partial charge in [0.15, 0.2) is 5.78 Å². The lowest BCUT2D eigenvalue weighted by molar-refractivity contribution is 0.100. The van der Waals surface area contributed by atoms with Crippen LogP contribution in [0.3, 0.4) is 0 Å². The van der Waals surface area contributed by atoms with Crippen molar-refractivity contribution in [3.05, 3.63) is 65.1 Å². The highest BCUT2D eigenvalue weighted by Gasteiger charge is 2.19. The van der Waals surface area contributed by atoms with Gasteiger partial charge in [-0.2, -0.15) is 0 Å². The minimum atomic E-state index is -0.231. The van der Waals surface area contributed by atoms with E-state index in [2.05, 4.69) is 10.3 Å². The van der Waals surface area contributed by atoms with Crippen molar-refractivity contribution in [1.82, 2.24) is 9.38 Å². The number of anilines is 1. The number of carbonyl (C=O) groups is 2. The molecule has 0 saturated heterocycles. The number of hydrogen-bond acceptors (Lipinski definition) is 3. The van der Waals surface area contributed by atoms with Crippen LogP contribution in [-0.2, 0) is 6.42 Å². The summed E-state index contributed by atoms with van der Waals surface area (Å²) in [6.07, 6.45) is 2.51. The fourth-order valence-corrected chi connectivity index (χ4v) is 2.74. The number of carbonyl (C=O) groups excluding carboxylic acids is 2. The van der Waals surface area contributed by atoms with Crippen molar-refractivity contribution >= 4 is 23.0 Å². The van der Waals surface area contributed by atoms with Gasteiger partial charge in [-0.15, -0.1) is 0 Å². The molecule has 2 aromatic heterocycles. The maximum Gasteiger partial charge on any atom is 0.274 e. The molecule has 0 fully saturated rings. The molecule has 0 spiro atoms. The van der Waals surface area contributed by atoms with Crippen molar-refractivity contribution in [3.8, 4) is 0 Å². The molecule has 1 N–H and O–H groups in total.